The third kappa shape index (κ3) is 4.09. The van der Waals surface area contributed by atoms with Gasteiger partial charge < -0.3 is 15.1 Å². The Hall–Kier alpha value is -4.72. The normalized spacial score (nSPS) is 11.7. The van der Waals surface area contributed by atoms with Gasteiger partial charge >= 0.3 is 0 Å². The van der Waals surface area contributed by atoms with Crippen molar-refractivity contribution < 1.29 is 10.0 Å². The molecular weight excluding hydrogens is 418 g/mol. The van der Waals surface area contributed by atoms with Gasteiger partial charge in [0.15, 0.2) is 5.88 Å². The van der Waals surface area contributed by atoms with Crippen LogP contribution in [0.3, 0.4) is 0 Å². The van der Waals surface area contributed by atoms with Gasteiger partial charge in [-0.15, -0.1) is 0 Å². The van der Waals surface area contributed by atoms with Crippen molar-refractivity contribution in [2.24, 2.45) is 4.99 Å². The van der Waals surface area contributed by atoms with Crippen molar-refractivity contribution in [2.75, 3.05) is 0 Å². The Balaban J connectivity index is 1.62. The number of nitrogens with one attached hydrogen (secondary N) is 2. The standard InChI is InChI=1S/C25H19N5O3/c31-25-23(21-13-20(30(32)33)10-11-22(21)29-25)24(17-4-2-1-3-5-17)28-18-8-6-16(7-9-18)12-19-14-26-15-27-19/h1-11,13-15,29,31H,12H2,(H,26,27). The van der Waals surface area contributed by atoms with Gasteiger partial charge in [-0.2, -0.15) is 0 Å². The fourth-order valence-electron chi connectivity index (χ4n) is 3.80. The summed E-state index contributed by atoms with van der Waals surface area (Å²) in [7, 11) is 0. The van der Waals surface area contributed by atoms with E-state index in [1.807, 2.05) is 54.6 Å². The van der Waals surface area contributed by atoms with Crippen molar-refractivity contribution in [1.29, 1.82) is 0 Å². The van der Waals surface area contributed by atoms with E-state index in [9.17, 15) is 15.2 Å². The number of aromatic hydroxyl groups is 1. The molecule has 0 fully saturated rings. The van der Waals surface area contributed by atoms with Gasteiger partial charge in [0.2, 0.25) is 0 Å². The van der Waals surface area contributed by atoms with Gasteiger partial charge in [-0.1, -0.05) is 42.5 Å². The second-order valence-corrected chi connectivity index (χ2v) is 7.58. The molecule has 0 aliphatic rings. The molecule has 5 aromatic rings. The fraction of sp³-hybridized carbons (Fsp3) is 0.0400. The van der Waals surface area contributed by atoms with Crippen molar-refractivity contribution in [3.05, 3.63) is 118 Å². The van der Waals surface area contributed by atoms with E-state index >= 15 is 0 Å². The number of nitro benzene ring substituents is 1. The minimum Gasteiger partial charge on any atom is -0.494 e. The summed E-state index contributed by atoms with van der Waals surface area (Å²) in [6.07, 6.45) is 4.17. The third-order valence-electron chi connectivity index (χ3n) is 5.38. The Labute approximate surface area is 188 Å². The maximum atomic E-state index is 11.3. The van der Waals surface area contributed by atoms with Gasteiger partial charge in [0.25, 0.3) is 5.69 Å². The van der Waals surface area contributed by atoms with Crippen LogP contribution >= 0.6 is 0 Å². The summed E-state index contributed by atoms with van der Waals surface area (Å²) < 4.78 is 0. The number of fused-ring (bicyclic) bond motifs is 1. The number of nitrogens with zero attached hydrogens (tertiary/aromatic N) is 3. The van der Waals surface area contributed by atoms with Crippen LogP contribution in [0.1, 0.15) is 22.4 Å². The van der Waals surface area contributed by atoms with Crippen LogP contribution in [0, 0.1) is 10.1 Å². The van der Waals surface area contributed by atoms with Crippen molar-refractivity contribution in [3.63, 3.8) is 0 Å². The summed E-state index contributed by atoms with van der Waals surface area (Å²) in [5.41, 5.74) is 5.06. The molecule has 0 atom stereocenters. The van der Waals surface area contributed by atoms with E-state index in [4.69, 9.17) is 4.99 Å². The lowest BCUT2D eigenvalue weighted by Crippen LogP contribution is -2.03. The summed E-state index contributed by atoms with van der Waals surface area (Å²) >= 11 is 0. The van der Waals surface area contributed by atoms with Gasteiger partial charge in [0.05, 0.1) is 28.2 Å². The lowest BCUT2D eigenvalue weighted by Gasteiger charge is -2.08. The Morgan fingerprint density at radius 2 is 1.85 bits per heavy atom. The van der Waals surface area contributed by atoms with E-state index in [1.54, 1.807) is 18.6 Å². The number of non-ortho nitro benzene ring substituents is 1. The van der Waals surface area contributed by atoms with Gasteiger partial charge in [-0.05, 0) is 23.8 Å². The zero-order chi connectivity index (χ0) is 22.8. The van der Waals surface area contributed by atoms with Crippen LogP contribution in [0.25, 0.3) is 10.9 Å². The fourth-order valence-corrected chi connectivity index (χ4v) is 3.80. The smallest absolute Gasteiger partial charge is 0.270 e. The molecule has 162 valence electrons. The molecule has 5 rings (SSSR count). The summed E-state index contributed by atoms with van der Waals surface area (Å²) in [6.45, 7) is 0. The molecule has 0 spiro atoms. The van der Waals surface area contributed by atoms with Crippen LogP contribution in [0.2, 0.25) is 0 Å². The maximum absolute atomic E-state index is 11.3. The van der Waals surface area contributed by atoms with Gasteiger partial charge in [-0.3, -0.25) is 10.1 Å². The highest BCUT2D eigenvalue weighted by molar-refractivity contribution is 6.22. The monoisotopic (exact) mass is 437 g/mol. The van der Waals surface area contributed by atoms with Crippen molar-refractivity contribution in [3.8, 4) is 5.88 Å². The van der Waals surface area contributed by atoms with Gasteiger partial charge in [0, 0.05) is 46.9 Å². The molecule has 2 aromatic heterocycles. The first-order valence-corrected chi connectivity index (χ1v) is 10.3. The Morgan fingerprint density at radius 3 is 2.55 bits per heavy atom. The van der Waals surface area contributed by atoms with Gasteiger partial charge in [0.1, 0.15) is 0 Å². The number of hydrogen-bond acceptors (Lipinski definition) is 5. The molecule has 0 amide bonds. The topological polar surface area (TPSA) is 120 Å². The predicted molar refractivity (Wildman–Crippen MR) is 126 cm³/mol. The molecule has 0 aliphatic carbocycles. The first-order valence-electron chi connectivity index (χ1n) is 10.3. The molecule has 0 bridgehead atoms. The van der Waals surface area contributed by atoms with E-state index < -0.39 is 4.92 Å². The SMILES string of the molecule is O=[N+]([O-])c1ccc2[nH]c(O)c(C(=Nc3ccc(Cc4cnc[nH]4)cc3)c3ccccc3)c2c1. The zero-order valence-corrected chi connectivity index (χ0v) is 17.4. The minimum atomic E-state index is -0.453. The van der Waals surface area contributed by atoms with E-state index in [0.29, 0.717) is 27.9 Å². The number of aromatic nitrogens is 3. The summed E-state index contributed by atoms with van der Waals surface area (Å²) in [5.74, 6) is -0.0935. The van der Waals surface area contributed by atoms with E-state index in [0.717, 1.165) is 23.2 Å². The molecule has 0 unspecified atom stereocenters. The van der Waals surface area contributed by atoms with E-state index in [-0.39, 0.29) is 11.6 Å². The lowest BCUT2D eigenvalue weighted by atomic mass is 10.0. The predicted octanol–water partition coefficient (Wildman–Crippen LogP) is 5.26. The van der Waals surface area contributed by atoms with Gasteiger partial charge in [-0.25, -0.2) is 9.98 Å². The van der Waals surface area contributed by atoms with Crippen molar-refractivity contribution in [2.45, 2.75) is 6.42 Å². The van der Waals surface area contributed by atoms with Crippen molar-refractivity contribution in [1.82, 2.24) is 15.0 Å². The Morgan fingerprint density at radius 1 is 1.06 bits per heavy atom. The quantitative estimate of drug-likeness (QED) is 0.190. The number of hydrogen-bond donors (Lipinski definition) is 3. The molecule has 8 heteroatoms. The second-order valence-electron chi connectivity index (χ2n) is 7.58. The first-order chi connectivity index (χ1) is 16.1. The molecule has 3 N–H and O–H groups in total. The highest BCUT2D eigenvalue weighted by Crippen LogP contribution is 2.33. The molecule has 8 nitrogen and oxygen atoms in total. The largest absolute Gasteiger partial charge is 0.494 e. The number of H-pyrrole nitrogens is 2. The zero-order valence-electron chi connectivity index (χ0n) is 17.4. The summed E-state index contributed by atoms with van der Waals surface area (Å²) in [6, 6.07) is 21.7. The average molecular weight is 437 g/mol. The number of rotatable bonds is 6. The highest BCUT2D eigenvalue weighted by Gasteiger charge is 2.20. The second kappa shape index (κ2) is 8.43. The van der Waals surface area contributed by atoms with E-state index in [2.05, 4.69) is 15.0 Å². The number of aliphatic imine (C=N–C) groups is 1. The average Bonchev–Trinajstić information content (AvgIpc) is 3.45. The van der Waals surface area contributed by atoms with Crippen LogP contribution in [-0.2, 0) is 6.42 Å². The van der Waals surface area contributed by atoms with E-state index in [1.165, 1.54) is 12.1 Å². The summed E-state index contributed by atoms with van der Waals surface area (Å²) in [5, 5.41) is 22.6. The third-order valence-corrected chi connectivity index (χ3v) is 5.38. The molecular formula is C25H19N5O3. The number of benzene rings is 3. The Bertz CT molecular complexity index is 1450. The molecule has 0 saturated heterocycles. The molecule has 0 aliphatic heterocycles. The van der Waals surface area contributed by atoms with Crippen LogP contribution < -0.4 is 0 Å². The molecule has 3 aromatic carbocycles. The molecule has 0 saturated carbocycles. The molecule has 2 heterocycles. The number of imidazole rings is 1. The highest BCUT2D eigenvalue weighted by atomic mass is 16.6. The minimum absolute atomic E-state index is 0.0571. The van der Waals surface area contributed by atoms with Crippen LogP contribution in [0.15, 0.2) is 90.3 Å². The summed E-state index contributed by atoms with van der Waals surface area (Å²) in [4.78, 5) is 25.8. The van der Waals surface area contributed by atoms with Crippen LogP contribution in [0.4, 0.5) is 11.4 Å². The van der Waals surface area contributed by atoms with Crippen LogP contribution in [-0.4, -0.2) is 30.7 Å². The first kappa shape index (κ1) is 20.2. The van der Waals surface area contributed by atoms with Crippen molar-refractivity contribution >= 4 is 28.0 Å². The molecule has 0 radical (unpaired) electrons. The lowest BCUT2D eigenvalue weighted by molar-refractivity contribution is -0.384. The van der Waals surface area contributed by atoms with Crippen LogP contribution in [0.5, 0.6) is 5.88 Å². The number of nitro groups is 1. The molecule has 33 heavy (non-hydrogen) atoms. The maximum Gasteiger partial charge on any atom is 0.270 e. The number of aromatic amines is 2. The Kier molecular flexibility index (Phi) is 5.16.